The third-order valence-electron chi connectivity index (χ3n) is 6.95. The molecule has 0 spiro atoms. The monoisotopic (exact) mass is 556 g/mol. The summed E-state index contributed by atoms with van der Waals surface area (Å²) in [5, 5.41) is 0. The second kappa shape index (κ2) is 9.66. The van der Waals surface area contributed by atoms with E-state index in [1.807, 2.05) is 0 Å². The lowest BCUT2D eigenvalue weighted by molar-refractivity contribution is -0.138. The Balaban J connectivity index is 1.57. The van der Waals surface area contributed by atoms with Crippen LogP contribution in [-0.2, 0) is 32.0 Å². The van der Waals surface area contributed by atoms with Crippen molar-refractivity contribution in [3.8, 4) is 0 Å². The highest BCUT2D eigenvalue weighted by atomic mass is 32.2. The van der Waals surface area contributed by atoms with Crippen molar-refractivity contribution < 1.29 is 43.2 Å². The van der Waals surface area contributed by atoms with Crippen LogP contribution in [0.5, 0.6) is 0 Å². The maximum atomic E-state index is 13.1. The van der Waals surface area contributed by atoms with Gasteiger partial charge in [-0.15, -0.1) is 0 Å². The van der Waals surface area contributed by atoms with Crippen molar-refractivity contribution in [1.29, 1.82) is 0 Å². The van der Waals surface area contributed by atoms with Crippen molar-refractivity contribution in [2.24, 2.45) is 11.8 Å². The van der Waals surface area contributed by atoms with Crippen LogP contribution in [0.4, 0.5) is 26.3 Å². The molecule has 4 nitrogen and oxygen atoms in total. The van der Waals surface area contributed by atoms with Gasteiger partial charge >= 0.3 is 12.4 Å². The van der Waals surface area contributed by atoms with Gasteiger partial charge in [0.2, 0.25) is 0 Å². The predicted molar refractivity (Wildman–Crippen MR) is 122 cm³/mol. The van der Waals surface area contributed by atoms with Crippen LogP contribution in [0.1, 0.15) is 50.7 Å². The number of hydrogen-bond donors (Lipinski definition) is 0. The average Bonchev–Trinajstić information content (AvgIpc) is 2.74. The highest BCUT2D eigenvalue weighted by Crippen LogP contribution is 2.48. The molecule has 200 valence electrons. The van der Waals surface area contributed by atoms with E-state index in [1.54, 1.807) is 0 Å². The topological polar surface area (TPSA) is 68.3 Å². The van der Waals surface area contributed by atoms with E-state index in [0.717, 1.165) is 42.5 Å². The molecule has 2 aromatic rings. The average molecular weight is 557 g/mol. The third kappa shape index (κ3) is 5.90. The van der Waals surface area contributed by atoms with Crippen LogP contribution in [0.2, 0.25) is 0 Å². The number of sulfone groups is 2. The number of alkyl halides is 6. The summed E-state index contributed by atoms with van der Waals surface area (Å²) < 4.78 is 127. The molecule has 0 aromatic heterocycles. The first-order chi connectivity index (χ1) is 16.4. The maximum Gasteiger partial charge on any atom is 0.416 e. The Morgan fingerprint density at radius 3 is 1.86 bits per heavy atom. The first kappa shape index (κ1) is 28.5. The zero-order chi connectivity index (χ0) is 27.2. The van der Waals surface area contributed by atoms with Gasteiger partial charge in [0.1, 0.15) is 0 Å². The molecule has 1 saturated carbocycles. The second-order valence-electron chi connectivity index (χ2n) is 9.65. The summed E-state index contributed by atoms with van der Waals surface area (Å²) in [6.45, 7) is 2.97. The van der Waals surface area contributed by atoms with Crippen LogP contribution in [-0.4, -0.2) is 27.3 Å². The molecule has 36 heavy (non-hydrogen) atoms. The molecule has 2 aromatic carbocycles. The molecule has 1 fully saturated rings. The molecule has 0 N–H and O–H groups in total. The summed E-state index contributed by atoms with van der Waals surface area (Å²) >= 11 is 0. The molecule has 1 aliphatic carbocycles. The lowest BCUT2D eigenvalue weighted by atomic mass is 9.67. The van der Waals surface area contributed by atoms with E-state index >= 15 is 0 Å². The van der Waals surface area contributed by atoms with E-state index in [9.17, 15) is 43.2 Å². The van der Waals surface area contributed by atoms with Crippen LogP contribution in [0.25, 0.3) is 0 Å². The van der Waals surface area contributed by atoms with Crippen molar-refractivity contribution >= 4 is 19.7 Å². The summed E-state index contributed by atoms with van der Waals surface area (Å²) in [4.78, 5) is -0.594. The van der Waals surface area contributed by atoms with Gasteiger partial charge in [0.05, 0.1) is 31.4 Å². The zero-order valence-electron chi connectivity index (χ0n) is 19.5. The molecule has 0 amide bonds. The predicted octanol–water partition coefficient (Wildman–Crippen LogP) is 6.56. The summed E-state index contributed by atoms with van der Waals surface area (Å²) in [5.74, 6) is -0.520. The van der Waals surface area contributed by atoms with E-state index in [1.165, 1.54) is 13.8 Å². The molecule has 0 heterocycles. The standard InChI is InChI=1S/C24H26F6O4S2/c1-22(2,36(33,34)21-7-3-6-18(15-21)24(28,29)30)19-13-16(14-19)5-4-12-35(31,32)20-10-8-17(9-11-20)23(25,26)27/h3,6-11,15-16,19H,4-5,12-14H2,1-2H3. The second-order valence-corrected chi connectivity index (χ2v) is 14.3. The third-order valence-corrected chi connectivity index (χ3v) is 11.4. The van der Waals surface area contributed by atoms with Crippen LogP contribution in [0, 0.1) is 11.8 Å². The molecule has 0 unspecified atom stereocenters. The fourth-order valence-electron chi connectivity index (χ4n) is 4.43. The normalized spacial score (nSPS) is 19.7. The number of hydrogen-bond acceptors (Lipinski definition) is 4. The van der Waals surface area contributed by atoms with Crippen LogP contribution < -0.4 is 0 Å². The summed E-state index contributed by atoms with van der Waals surface area (Å²) in [5.41, 5.74) is -1.98. The molecule has 0 radical (unpaired) electrons. The summed E-state index contributed by atoms with van der Waals surface area (Å²) in [7, 11) is -7.85. The summed E-state index contributed by atoms with van der Waals surface area (Å²) in [6, 6.07) is 6.95. The Morgan fingerprint density at radius 2 is 1.33 bits per heavy atom. The molecule has 12 heteroatoms. The van der Waals surface area contributed by atoms with Gasteiger partial charge in [-0.3, -0.25) is 0 Å². The number of rotatable bonds is 8. The SMILES string of the molecule is CC(C)(C1CC(CCCS(=O)(=O)c2ccc(C(F)(F)F)cc2)C1)S(=O)(=O)c1cccc(C(F)(F)F)c1. The van der Waals surface area contributed by atoms with Gasteiger partial charge in [0, 0.05) is 0 Å². The van der Waals surface area contributed by atoms with Gasteiger partial charge in [0.25, 0.3) is 0 Å². The van der Waals surface area contributed by atoms with Crippen molar-refractivity contribution in [3.05, 3.63) is 59.7 Å². The van der Waals surface area contributed by atoms with Crippen molar-refractivity contribution in [1.82, 2.24) is 0 Å². The van der Waals surface area contributed by atoms with E-state index in [-0.39, 0.29) is 28.9 Å². The first-order valence-corrected chi connectivity index (χ1v) is 14.3. The van der Waals surface area contributed by atoms with Gasteiger partial charge in [-0.05, 0) is 93.8 Å². The van der Waals surface area contributed by atoms with E-state index in [0.29, 0.717) is 25.3 Å². The molecular weight excluding hydrogens is 530 g/mol. The number of halogens is 6. The van der Waals surface area contributed by atoms with Crippen LogP contribution >= 0.6 is 0 Å². The van der Waals surface area contributed by atoms with Gasteiger partial charge in [-0.1, -0.05) is 6.07 Å². The highest BCUT2D eigenvalue weighted by Gasteiger charge is 2.48. The minimum atomic E-state index is -4.67. The summed E-state index contributed by atoms with van der Waals surface area (Å²) in [6.07, 6.45) is -7.54. The van der Waals surface area contributed by atoms with Crippen molar-refractivity contribution in [2.45, 2.75) is 66.4 Å². The lowest BCUT2D eigenvalue weighted by Crippen LogP contribution is -2.46. The van der Waals surface area contributed by atoms with Crippen molar-refractivity contribution in [3.63, 3.8) is 0 Å². The fraction of sp³-hybridized carbons (Fsp3) is 0.500. The minimum Gasteiger partial charge on any atom is -0.224 e. The van der Waals surface area contributed by atoms with Gasteiger partial charge < -0.3 is 0 Å². The molecule has 0 bridgehead atoms. The zero-order valence-corrected chi connectivity index (χ0v) is 21.2. The maximum absolute atomic E-state index is 13.1. The molecule has 0 saturated heterocycles. The van der Waals surface area contributed by atoms with E-state index in [2.05, 4.69) is 0 Å². The molecular formula is C24H26F6O4S2. The fourth-order valence-corrected chi connectivity index (χ4v) is 7.54. The van der Waals surface area contributed by atoms with E-state index in [4.69, 9.17) is 0 Å². The Kier molecular flexibility index (Phi) is 7.65. The molecule has 1 aliphatic rings. The Bertz CT molecular complexity index is 1290. The van der Waals surface area contributed by atoms with Crippen LogP contribution in [0.3, 0.4) is 0 Å². The van der Waals surface area contributed by atoms with Gasteiger partial charge in [0.15, 0.2) is 19.7 Å². The number of benzene rings is 2. The lowest BCUT2D eigenvalue weighted by Gasteiger charge is -2.45. The van der Waals surface area contributed by atoms with Gasteiger partial charge in [-0.25, -0.2) is 16.8 Å². The molecule has 3 rings (SSSR count). The van der Waals surface area contributed by atoms with Crippen molar-refractivity contribution in [2.75, 3.05) is 5.75 Å². The molecule has 0 atom stereocenters. The van der Waals surface area contributed by atoms with Crippen LogP contribution in [0.15, 0.2) is 58.3 Å². The smallest absolute Gasteiger partial charge is 0.224 e. The quantitative estimate of drug-likeness (QED) is 0.346. The first-order valence-electron chi connectivity index (χ1n) is 11.2. The highest BCUT2D eigenvalue weighted by molar-refractivity contribution is 7.92. The van der Waals surface area contributed by atoms with E-state index < -0.39 is 52.8 Å². The largest absolute Gasteiger partial charge is 0.416 e. The Hall–Kier alpha value is -2.08. The molecule has 0 aliphatic heterocycles. The minimum absolute atomic E-state index is 0.0498. The Morgan fingerprint density at radius 1 is 0.778 bits per heavy atom. The Labute approximate surface area is 206 Å². The van der Waals surface area contributed by atoms with Gasteiger partial charge in [-0.2, -0.15) is 26.3 Å².